The number of rotatable bonds is 7. The van der Waals surface area contributed by atoms with Crippen molar-refractivity contribution in [2.24, 2.45) is 15.7 Å². The van der Waals surface area contributed by atoms with Crippen molar-refractivity contribution in [2.45, 2.75) is 31.1 Å². The molecule has 1 aliphatic heterocycles. The van der Waals surface area contributed by atoms with Gasteiger partial charge < -0.3 is 15.8 Å². The molecule has 0 aliphatic carbocycles. The smallest absolute Gasteiger partial charge is 0.273 e. The summed E-state index contributed by atoms with van der Waals surface area (Å²) < 4.78 is 57.1. The number of carbonyl (C=O) groups excluding carboxylic acids is 1. The monoisotopic (exact) mass is 497 g/mol. The Morgan fingerprint density at radius 3 is 2.62 bits per heavy atom. The standard InChI is InChI=1S/C22H29F2N5O4S/c1-14(33-13-23)7-10-18(26-5)19(30)27-15-8-9-17(24)16(11-15)22(4)12-29(6)34(31,32)21(2,3)20(25)28-22/h7-11H,1,12-13H2,2-6H3,(H2,25,28)(H,27,30)/b10-7-,26-18?/t22-/m0/s1. The molecule has 0 aromatic heterocycles. The maximum atomic E-state index is 14.9. The van der Waals surface area contributed by atoms with Crippen LogP contribution in [0.2, 0.25) is 0 Å². The molecule has 0 fully saturated rings. The molecule has 0 bridgehead atoms. The Hall–Kier alpha value is -3.12. The molecule has 1 aromatic carbocycles. The number of ether oxygens (including phenoxy) is 1. The number of hydrogen-bond donors (Lipinski definition) is 2. The highest BCUT2D eigenvalue weighted by Gasteiger charge is 2.48. The summed E-state index contributed by atoms with van der Waals surface area (Å²) in [5, 5.41) is 2.60. The molecule has 186 valence electrons. The number of carbonyl (C=O) groups is 1. The molecule has 1 aliphatic rings. The fourth-order valence-corrected chi connectivity index (χ4v) is 4.88. The van der Waals surface area contributed by atoms with Crippen LogP contribution >= 0.6 is 0 Å². The first-order chi connectivity index (χ1) is 15.7. The average Bonchev–Trinajstić information content (AvgIpc) is 2.78. The van der Waals surface area contributed by atoms with Gasteiger partial charge in [-0.25, -0.2) is 21.5 Å². The fourth-order valence-electron chi connectivity index (χ4n) is 3.37. The third-order valence-electron chi connectivity index (χ3n) is 5.51. The van der Waals surface area contributed by atoms with E-state index in [1.807, 2.05) is 0 Å². The molecule has 0 unspecified atom stereocenters. The van der Waals surface area contributed by atoms with Gasteiger partial charge >= 0.3 is 0 Å². The molecule has 1 heterocycles. The van der Waals surface area contributed by atoms with E-state index in [-0.39, 0.29) is 35.1 Å². The Balaban J connectivity index is 2.42. The number of amidine groups is 1. The van der Waals surface area contributed by atoms with Crippen molar-refractivity contribution < 1.29 is 26.7 Å². The summed E-state index contributed by atoms with van der Waals surface area (Å²) in [6, 6.07) is 3.85. The van der Waals surface area contributed by atoms with Gasteiger partial charge in [-0.05, 0) is 51.1 Å². The normalized spacial score (nSPS) is 22.7. The van der Waals surface area contributed by atoms with Gasteiger partial charge in [-0.1, -0.05) is 6.58 Å². The van der Waals surface area contributed by atoms with E-state index < -0.39 is 38.9 Å². The third kappa shape index (κ3) is 5.33. The molecule has 1 aromatic rings. The van der Waals surface area contributed by atoms with Gasteiger partial charge in [0, 0.05) is 31.9 Å². The van der Waals surface area contributed by atoms with Crippen molar-refractivity contribution >= 4 is 33.2 Å². The number of nitrogens with zero attached hydrogens (tertiary/aromatic N) is 3. The minimum Gasteiger partial charge on any atom is -0.464 e. The van der Waals surface area contributed by atoms with Crippen LogP contribution in [0.25, 0.3) is 0 Å². The molecule has 3 N–H and O–H groups in total. The molecular weight excluding hydrogens is 468 g/mol. The molecule has 9 nitrogen and oxygen atoms in total. The van der Waals surface area contributed by atoms with Crippen LogP contribution in [-0.2, 0) is 25.1 Å². The fraction of sp³-hybridized carbons (Fsp3) is 0.409. The summed E-state index contributed by atoms with van der Waals surface area (Å²) in [7, 11) is -1.09. The predicted octanol–water partition coefficient (Wildman–Crippen LogP) is 2.47. The first kappa shape index (κ1) is 27.1. The number of likely N-dealkylation sites (N-methyl/N-ethyl adjacent to an activating group) is 1. The van der Waals surface area contributed by atoms with Crippen LogP contribution in [0, 0.1) is 5.82 Å². The maximum absolute atomic E-state index is 14.9. The van der Waals surface area contributed by atoms with E-state index in [9.17, 15) is 22.0 Å². The number of alkyl halides is 1. The van der Waals surface area contributed by atoms with Crippen LogP contribution in [0.3, 0.4) is 0 Å². The van der Waals surface area contributed by atoms with Gasteiger partial charge in [0.25, 0.3) is 5.91 Å². The number of allylic oxidation sites excluding steroid dienone is 1. The summed E-state index contributed by atoms with van der Waals surface area (Å²) in [6.07, 6.45) is 2.57. The highest BCUT2D eigenvalue weighted by atomic mass is 32.2. The third-order valence-corrected chi connectivity index (χ3v) is 7.96. The van der Waals surface area contributed by atoms with Crippen molar-refractivity contribution in [1.29, 1.82) is 0 Å². The Kier molecular flexibility index (Phi) is 7.99. The SMILES string of the molecule is C=C(/C=C\C(=NC)C(=O)Nc1ccc(F)c([C@]2(C)CN(C)S(=O)(=O)C(C)(C)C(N)=N2)c1)OCF. The van der Waals surface area contributed by atoms with Crippen LogP contribution in [0.5, 0.6) is 0 Å². The van der Waals surface area contributed by atoms with Gasteiger partial charge in [0.05, 0.1) is 0 Å². The van der Waals surface area contributed by atoms with E-state index in [1.54, 1.807) is 6.92 Å². The molecule has 0 spiro atoms. The zero-order valence-electron chi connectivity index (χ0n) is 19.7. The maximum Gasteiger partial charge on any atom is 0.273 e. The van der Waals surface area contributed by atoms with Gasteiger partial charge in [-0.15, -0.1) is 0 Å². The quantitative estimate of drug-likeness (QED) is 0.340. The second kappa shape index (κ2) is 10.0. The number of aliphatic imine (C=N–C) groups is 2. The van der Waals surface area contributed by atoms with Gasteiger partial charge in [-0.2, -0.15) is 0 Å². The largest absolute Gasteiger partial charge is 0.464 e. The van der Waals surface area contributed by atoms with Crippen molar-refractivity contribution in [1.82, 2.24) is 4.31 Å². The summed E-state index contributed by atoms with van der Waals surface area (Å²) in [5.74, 6) is -1.43. The van der Waals surface area contributed by atoms with Crippen LogP contribution < -0.4 is 11.1 Å². The molecule has 0 radical (unpaired) electrons. The van der Waals surface area contributed by atoms with Crippen LogP contribution in [0.15, 0.2) is 52.7 Å². The number of benzene rings is 1. The van der Waals surface area contributed by atoms with E-state index in [2.05, 4.69) is 26.6 Å². The van der Waals surface area contributed by atoms with E-state index >= 15 is 0 Å². The number of nitrogens with one attached hydrogen (secondary N) is 1. The van der Waals surface area contributed by atoms with E-state index in [1.165, 1.54) is 52.2 Å². The summed E-state index contributed by atoms with van der Waals surface area (Å²) in [5.41, 5.74) is 4.93. The van der Waals surface area contributed by atoms with Crippen molar-refractivity contribution in [3.05, 3.63) is 54.1 Å². The number of halogens is 2. The van der Waals surface area contributed by atoms with Crippen molar-refractivity contribution in [3.63, 3.8) is 0 Å². The highest BCUT2D eigenvalue weighted by molar-refractivity contribution is 7.91. The minimum absolute atomic E-state index is 0.000691. The molecule has 0 saturated heterocycles. The average molecular weight is 498 g/mol. The van der Waals surface area contributed by atoms with Gasteiger partial charge in [-0.3, -0.25) is 14.8 Å². The molecule has 12 heteroatoms. The number of amides is 1. The topological polar surface area (TPSA) is 126 Å². The van der Waals surface area contributed by atoms with Crippen molar-refractivity contribution in [3.8, 4) is 0 Å². The lowest BCUT2D eigenvalue weighted by Gasteiger charge is -2.29. The lowest BCUT2D eigenvalue weighted by Crippen LogP contribution is -2.50. The van der Waals surface area contributed by atoms with Gasteiger partial charge in [0.1, 0.15) is 33.4 Å². The zero-order chi connectivity index (χ0) is 25.9. The van der Waals surface area contributed by atoms with Crippen molar-refractivity contribution in [2.75, 3.05) is 32.8 Å². The van der Waals surface area contributed by atoms with E-state index in [4.69, 9.17) is 5.73 Å². The van der Waals surface area contributed by atoms with Gasteiger partial charge in [0.2, 0.25) is 16.9 Å². The molecule has 2 rings (SSSR count). The first-order valence-corrected chi connectivity index (χ1v) is 11.6. The number of nitrogens with two attached hydrogens (primary N) is 1. The minimum atomic E-state index is -3.86. The summed E-state index contributed by atoms with van der Waals surface area (Å²) >= 11 is 0. The molecule has 1 atom stereocenters. The predicted molar refractivity (Wildman–Crippen MR) is 128 cm³/mol. The second-order valence-electron chi connectivity index (χ2n) is 8.35. The summed E-state index contributed by atoms with van der Waals surface area (Å²) in [4.78, 5) is 20.9. The summed E-state index contributed by atoms with van der Waals surface area (Å²) in [6.45, 7) is 6.66. The Morgan fingerprint density at radius 2 is 2.03 bits per heavy atom. The van der Waals surface area contributed by atoms with E-state index in [0.29, 0.717) is 0 Å². The van der Waals surface area contributed by atoms with Crippen LogP contribution in [0.1, 0.15) is 26.3 Å². The number of hydrogen-bond acceptors (Lipinski definition) is 7. The number of anilines is 1. The molecule has 34 heavy (non-hydrogen) atoms. The Morgan fingerprint density at radius 1 is 1.38 bits per heavy atom. The Bertz CT molecular complexity index is 1180. The lowest BCUT2D eigenvalue weighted by molar-refractivity contribution is -0.110. The van der Waals surface area contributed by atoms with Gasteiger partial charge in [0.15, 0.2) is 0 Å². The first-order valence-electron chi connectivity index (χ1n) is 10.1. The highest BCUT2D eigenvalue weighted by Crippen LogP contribution is 2.36. The molecule has 1 amide bonds. The number of sulfonamides is 1. The van der Waals surface area contributed by atoms with Crippen LogP contribution in [-0.4, -0.2) is 62.4 Å². The molecular formula is C22H29F2N5O4S. The zero-order valence-corrected chi connectivity index (χ0v) is 20.5. The lowest BCUT2D eigenvalue weighted by atomic mass is 9.91. The second-order valence-corrected chi connectivity index (χ2v) is 10.9. The Labute approximate surface area is 198 Å². The molecule has 0 saturated carbocycles. The van der Waals surface area contributed by atoms with Crippen LogP contribution in [0.4, 0.5) is 14.5 Å². The van der Waals surface area contributed by atoms with E-state index in [0.717, 1.165) is 10.4 Å².